The predicted octanol–water partition coefficient (Wildman–Crippen LogP) is 1.85. The first-order valence-electron chi connectivity index (χ1n) is 4.98. The molecule has 0 N–H and O–H groups in total. The number of nitrogens with zero attached hydrogens (tertiary/aromatic N) is 1. The molecule has 1 heterocycles. The van der Waals surface area contributed by atoms with Crippen LogP contribution in [-0.4, -0.2) is 12.6 Å². The molecule has 0 radical (unpaired) electrons. The Hall–Kier alpha value is -1.29. The summed E-state index contributed by atoms with van der Waals surface area (Å²) in [5.74, 6) is -0.511. The zero-order valence-corrected chi connectivity index (χ0v) is 10.3. The van der Waals surface area contributed by atoms with Gasteiger partial charge in [-0.2, -0.15) is 4.73 Å². The van der Waals surface area contributed by atoms with Crippen LogP contribution >= 0.6 is 11.6 Å². The molecule has 0 amide bonds. The third kappa shape index (κ3) is 2.27. The maximum absolute atomic E-state index is 11.7. The van der Waals surface area contributed by atoms with Gasteiger partial charge in [0.15, 0.2) is 6.20 Å². The minimum atomic E-state index is -0.496. The average molecular weight is 244 g/mol. The highest BCUT2D eigenvalue weighted by molar-refractivity contribution is 6.17. The number of pyridine rings is 1. The van der Waals surface area contributed by atoms with Crippen LogP contribution in [0.15, 0.2) is 6.20 Å². The summed E-state index contributed by atoms with van der Waals surface area (Å²) in [5, 5.41) is 11.6. The quantitative estimate of drug-likeness (QED) is 0.352. The first-order chi connectivity index (χ1) is 7.52. The lowest BCUT2D eigenvalue weighted by molar-refractivity contribution is -0.613. The molecule has 0 aliphatic carbocycles. The smallest absolute Gasteiger partial charge is 0.344 e. The lowest BCUT2D eigenvalue weighted by Crippen LogP contribution is -2.35. The first-order valence-corrected chi connectivity index (χ1v) is 5.51. The summed E-state index contributed by atoms with van der Waals surface area (Å²) in [5.41, 5.74) is 2.00. The van der Waals surface area contributed by atoms with E-state index in [2.05, 4.69) is 0 Å². The van der Waals surface area contributed by atoms with Gasteiger partial charge in [0.2, 0.25) is 5.69 Å². The third-order valence-electron chi connectivity index (χ3n) is 2.44. The number of hydrogen-bond acceptors (Lipinski definition) is 3. The van der Waals surface area contributed by atoms with E-state index in [1.807, 2.05) is 0 Å². The zero-order chi connectivity index (χ0) is 12.3. The van der Waals surface area contributed by atoms with Crippen LogP contribution in [0.2, 0.25) is 0 Å². The van der Waals surface area contributed by atoms with Crippen LogP contribution < -0.4 is 4.73 Å². The number of rotatable bonds is 3. The summed E-state index contributed by atoms with van der Waals surface area (Å²) in [4.78, 5) is 11.7. The van der Waals surface area contributed by atoms with Crippen molar-refractivity contribution in [3.8, 4) is 0 Å². The number of halogens is 1. The topological polar surface area (TPSA) is 53.2 Å². The van der Waals surface area contributed by atoms with Crippen molar-refractivity contribution in [2.75, 3.05) is 6.61 Å². The molecule has 0 bridgehead atoms. The molecule has 0 unspecified atom stereocenters. The summed E-state index contributed by atoms with van der Waals surface area (Å²) in [6.07, 6.45) is 1.41. The summed E-state index contributed by atoms with van der Waals surface area (Å²) >= 11 is 5.68. The molecule has 1 rings (SSSR count). The van der Waals surface area contributed by atoms with E-state index in [1.54, 1.807) is 20.8 Å². The molecule has 88 valence electrons. The summed E-state index contributed by atoms with van der Waals surface area (Å²) < 4.78 is 5.54. The Morgan fingerprint density at radius 1 is 1.56 bits per heavy atom. The Balaban J connectivity index is 3.38. The van der Waals surface area contributed by atoms with Gasteiger partial charge in [-0.05, 0) is 26.3 Å². The highest BCUT2D eigenvalue weighted by Crippen LogP contribution is 2.17. The molecule has 0 fully saturated rings. The fourth-order valence-corrected chi connectivity index (χ4v) is 1.73. The highest BCUT2D eigenvalue weighted by atomic mass is 35.5. The Labute approximate surface area is 99.4 Å². The second-order valence-corrected chi connectivity index (χ2v) is 3.71. The minimum absolute atomic E-state index is 0.0151. The molecule has 0 aliphatic rings. The first kappa shape index (κ1) is 12.8. The average Bonchev–Trinajstić information content (AvgIpc) is 2.23. The molecule has 5 heteroatoms. The molecule has 0 atom stereocenters. The maximum atomic E-state index is 11.7. The van der Waals surface area contributed by atoms with E-state index in [0.717, 1.165) is 11.1 Å². The lowest BCUT2D eigenvalue weighted by atomic mass is 10.0. The van der Waals surface area contributed by atoms with Gasteiger partial charge in [-0.25, -0.2) is 4.79 Å². The van der Waals surface area contributed by atoms with Crippen molar-refractivity contribution >= 4 is 17.6 Å². The van der Waals surface area contributed by atoms with Crippen molar-refractivity contribution in [1.29, 1.82) is 0 Å². The number of esters is 1. The van der Waals surface area contributed by atoms with Crippen LogP contribution in [0.1, 0.15) is 34.1 Å². The number of ether oxygens (including phenoxy) is 1. The SMILES string of the molecule is CCOC(=O)c1c(C)c(C)c[n+]([O-])c1CCl. The zero-order valence-electron chi connectivity index (χ0n) is 9.54. The Morgan fingerprint density at radius 2 is 2.19 bits per heavy atom. The number of aromatic nitrogens is 1. The van der Waals surface area contributed by atoms with E-state index in [-0.39, 0.29) is 23.7 Å². The van der Waals surface area contributed by atoms with Gasteiger partial charge in [-0.1, -0.05) is 0 Å². The monoisotopic (exact) mass is 243 g/mol. The standard InChI is InChI=1S/C11H14ClNO3/c1-4-16-11(14)10-8(3)7(2)6-13(15)9(10)5-12/h6H,4-5H2,1-3H3. The van der Waals surface area contributed by atoms with Gasteiger partial charge >= 0.3 is 5.97 Å². The van der Waals surface area contributed by atoms with E-state index in [0.29, 0.717) is 4.73 Å². The van der Waals surface area contributed by atoms with E-state index in [4.69, 9.17) is 16.3 Å². The van der Waals surface area contributed by atoms with Crippen LogP contribution in [0.5, 0.6) is 0 Å². The number of alkyl halides is 1. The Morgan fingerprint density at radius 3 is 2.69 bits per heavy atom. The minimum Gasteiger partial charge on any atom is -0.618 e. The fourth-order valence-electron chi connectivity index (χ4n) is 1.47. The molecule has 0 saturated heterocycles. The summed E-state index contributed by atoms with van der Waals surface area (Å²) in [7, 11) is 0. The fraction of sp³-hybridized carbons (Fsp3) is 0.455. The van der Waals surface area contributed by atoms with Crippen molar-refractivity contribution in [1.82, 2.24) is 0 Å². The van der Waals surface area contributed by atoms with Crippen molar-refractivity contribution in [2.24, 2.45) is 0 Å². The molecule has 16 heavy (non-hydrogen) atoms. The van der Waals surface area contributed by atoms with Crippen molar-refractivity contribution in [3.05, 3.63) is 33.8 Å². The van der Waals surface area contributed by atoms with Crippen LogP contribution in [0.25, 0.3) is 0 Å². The van der Waals surface area contributed by atoms with Gasteiger partial charge in [-0.3, -0.25) is 0 Å². The molecule has 1 aromatic rings. The van der Waals surface area contributed by atoms with Gasteiger partial charge in [-0.15, -0.1) is 11.6 Å². The second-order valence-electron chi connectivity index (χ2n) is 3.44. The van der Waals surface area contributed by atoms with Gasteiger partial charge in [0.1, 0.15) is 11.4 Å². The predicted molar refractivity (Wildman–Crippen MR) is 60.4 cm³/mol. The van der Waals surface area contributed by atoms with Crippen LogP contribution in [0.4, 0.5) is 0 Å². The van der Waals surface area contributed by atoms with Crippen molar-refractivity contribution in [2.45, 2.75) is 26.7 Å². The summed E-state index contributed by atoms with van der Waals surface area (Å²) in [6.45, 7) is 5.53. The Kier molecular flexibility index (Phi) is 4.12. The molecular weight excluding hydrogens is 230 g/mol. The number of carbonyl (C=O) groups is 1. The number of hydrogen-bond donors (Lipinski definition) is 0. The van der Waals surface area contributed by atoms with Gasteiger partial charge < -0.3 is 9.94 Å². The lowest BCUT2D eigenvalue weighted by Gasteiger charge is -2.12. The number of aryl methyl sites for hydroxylation is 1. The van der Waals surface area contributed by atoms with Crippen LogP contribution in [-0.2, 0) is 10.6 Å². The molecule has 0 saturated carbocycles. The molecule has 0 aromatic carbocycles. The highest BCUT2D eigenvalue weighted by Gasteiger charge is 2.24. The maximum Gasteiger partial charge on any atom is 0.344 e. The second kappa shape index (κ2) is 5.16. The molecule has 0 spiro atoms. The molecular formula is C11H14ClNO3. The molecule has 0 aliphatic heterocycles. The third-order valence-corrected chi connectivity index (χ3v) is 2.69. The van der Waals surface area contributed by atoms with Gasteiger partial charge in [0.05, 0.1) is 6.61 Å². The Bertz CT molecular complexity index is 418. The van der Waals surface area contributed by atoms with Crippen molar-refractivity contribution < 1.29 is 14.3 Å². The normalized spacial score (nSPS) is 10.2. The van der Waals surface area contributed by atoms with Crippen LogP contribution in [0.3, 0.4) is 0 Å². The molecule has 4 nitrogen and oxygen atoms in total. The summed E-state index contributed by atoms with van der Waals surface area (Å²) in [6, 6.07) is 0. The van der Waals surface area contributed by atoms with Crippen molar-refractivity contribution in [3.63, 3.8) is 0 Å². The largest absolute Gasteiger partial charge is 0.618 e. The molecule has 1 aromatic heterocycles. The van der Waals surface area contributed by atoms with Gasteiger partial charge in [0, 0.05) is 5.56 Å². The van der Waals surface area contributed by atoms with E-state index < -0.39 is 5.97 Å². The van der Waals surface area contributed by atoms with Gasteiger partial charge in [0.25, 0.3) is 0 Å². The van der Waals surface area contributed by atoms with Crippen LogP contribution in [0, 0.1) is 19.1 Å². The van der Waals surface area contributed by atoms with E-state index >= 15 is 0 Å². The van der Waals surface area contributed by atoms with E-state index in [1.165, 1.54) is 6.20 Å². The van der Waals surface area contributed by atoms with E-state index in [9.17, 15) is 10.0 Å². The number of carbonyl (C=O) groups excluding carboxylic acids is 1.